The van der Waals surface area contributed by atoms with Gasteiger partial charge in [0.2, 0.25) is 11.8 Å². The van der Waals surface area contributed by atoms with Crippen LogP contribution in [-0.2, 0) is 14.3 Å². The molecule has 0 spiro atoms. The van der Waals surface area contributed by atoms with Crippen LogP contribution in [-0.4, -0.2) is 47.4 Å². The molecule has 2 aliphatic heterocycles. The van der Waals surface area contributed by atoms with Crippen LogP contribution in [0.25, 0.3) is 0 Å². The Morgan fingerprint density at radius 1 is 1.36 bits per heavy atom. The van der Waals surface area contributed by atoms with Crippen molar-refractivity contribution in [3.63, 3.8) is 0 Å². The van der Waals surface area contributed by atoms with Crippen molar-refractivity contribution in [2.24, 2.45) is 0 Å². The summed E-state index contributed by atoms with van der Waals surface area (Å²) in [5, 5.41) is 8.15. The predicted molar refractivity (Wildman–Crippen MR) is 76.9 cm³/mol. The van der Waals surface area contributed by atoms with E-state index in [0.717, 1.165) is 12.8 Å². The monoisotopic (exact) mass is 307 g/mol. The molecule has 120 valence electrons. The highest BCUT2D eigenvalue weighted by molar-refractivity contribution is 5.93. The Bertz CT molecular complexity index is 567. The summed E-state index contributed by atoms with van der Waals surface area (Å²) in [7, 11) is 0. The van der Waals surface area contributed by atoms with Gasteiger partial charge in [-0.2, -0.15) is 0 Å². The molecule has 3 heterocycles. The second-order valence-electron chi connectivity index (χ2n) is 5.84. The maximum atomic E-state index is 12.7. The van der Waals surface area contributed by atoms with E-state index in [-0.39, 0.29) is 17.9 Å². The number of rotatable bonds is 3. The summed E-state index contributed by atoms with van der Waals surface area (Å²) in [5.74, 6) is 1.14. The first-order valence-electron chi connectivity index (χ1n) is 7.69. The van der Waals surface area contributed by atoms with Crippen molar-refractivity contribution in [2.45, 2.75) is 38.6 Å². The van der Waals surface area contributed by atoms with Gasteiger partial charge in [0, 0.05) is 12.5 Å². The lowest BCUT2D eigenvalue weighted by molar-refractivity contribution is -0.137. The fraction of sp³-hybridized carbons (Fsp3) is 0.667. The normalized spacial score (nSPS) is 22.4. The van der Waals surface area contributed by atoms with E-state index in [1.165, 1.54) is 0 Å². The molecule has 1 amide bonds. The number of aromatic nitrogens is 2. The Balaban J connectivity index is 1.81. The minimum Gasteiger partial charge on any atom is -0.501 e. The van der Waals surface area contributed by atoms with Gasteiger partial charge in [-0.15, -0.1) is 10.2 Å². The van der Waals surface area contributed by atoms with Gasteiger partial charge in [0.15, 0.2) is 0 Å². The molecule has 1 atom stereocenters. The predicted octanol–water partition coefficient (Wildman–Crippen LogP) is 1.79. The van der Waals surface area contributed by atoms with Gasteiger partial charge in [-0.05, 0) is 12.8 Å². The third-order valence-electron chi connectivity index (χ3n) is 3.83. The minimum absolute atomic E-state index is 0.0303. The second-order valence-corrected chi connectivity index (χ2v) is 5.84. The van der Waals surface area contributed by atoms with Gasteiger partial charge in [-0.25, -0.2) is 0 Å². The van der Waals surface area contributed by atoms with Crippen molar-refractivity contribution >= 4 is 5.91 Å². The van der Waals surface area contributed by atoms with E-state index < -0.39 is 0 Å². The molecule has 1 fully saturated rings. The zero-order chi connectivity index (χ0) is 15.5. The van der Waals surface area contributed by atoms with Gasteiger partial charge in [0.25, 0.3) is 5.91 Å². The van der Waals surface area contributed by atoms with Gasteiger partial charge in [0.1, 0.15) is 6.04 Å². The van der Waals surface area contributed by atoms with Gasteiger partial charge in [0.05, 0.1) is 31.7 Å². The molecule has 3 rings (SSSR count). The molecule has 22 heavy (non-hydrogen) atoms. The SMILES string of the molecule is CC(C)c1nnc([C@@H]2COCCN2C(=O)C2=COCCC2)o1. The summed E-state index contributed by atoms with van der Waals surface area (Å²) < 4.78 is 16.5. The van der Waals surface area contributed by atoms with E-state index in [1.807, 2.05) is 13.8 Å². The van der Waals surface area contributed by atoms with Crippen LogP contribution in [0.3, 0.4) is 0 Å². The van der Waals surface area contributed by atoms with Crippen molar-refractivity contribution in [3.8, 4) is 0 Å². The number of carbonyl (C=O) groups is 1. The van der Waals surface area contributed by atoms with E-state index in [1.54, 1.807) is 11.2 Å². The highest BCUT2D eigenvalue weighted by Gasteiger charge is 2.34. The molecule has 0 saturated carbocycles. The maximum absolute atomic E-state index is 12.7. The van der Waals surface area contributed by atoms with Crippen LogP contribution in [0.1, 0.15) is 50.4 Å². The molecular weight excluding hydrogens is 286 g/mol. The maximum Gasteiger partial charge on any atom is 0.253 e. The number of ether oxygens (including phenoxy) is 2. The van der Waals surface area contributed by atoms with Gasteiger partial charge >= 0.3 is 0 Å². The van der Waals surface area contributed by atoms with Crippen molar-refractivity contribution in [1.82, 2.24) is 15.1 Å². The first-order chi connectivity index (χ1) is 10.7. The van der Waals surface area contributed by atoms with Crippen molar-refractivity contribution in [1.29, 1.82) is 0 Å². The molecule has 0 aliphatic carbocycles. The third-order valence-corrected chi connectivity index (χ3v) is 3.83. The summed E-state index contributed by atoms with van der Waals surface area (Å²) in [4.78, 5) is 14.5. The fourth-order valence-electron chi connectivity index (χ4n) is 2.57. The van der Waals surface area contributed by atoms with Crippen molar-refractivity contribution < 1.29 is 18.7 Å². The van der Waals surface area contributed by atoms with Crippen LogP contribution >= 0.6 is 0 Å². The molecule has 0 aromatic carbocycles. The molecule has 0 radical (unpaired) electrons. The number of hydrogen-bond acceptors (Lipinski definition) is 6. The Hall–Kier alpha value is -1.89. The molecule has 1 aromatic heterocycles. The quantitative estimate of drug-likeness (QED) is 0.847. The number of nitrogens with zero attached hydrogens (tertiary/aromatic N) is 3. The van der Waals surface area contributed by atoms with Crippen LogP contribution in [0.15, 0.2) is 16.3 Å². The molecular formula is C15H21N3O4. The van der Waals surface area contributed by atoms with Gasteiger partial charge < -0.3 is 18.8 Å². The van der Waals surface area contributed by atoms with Crippen LogP contribution in [0.2, 0.25) is 0 Å². The topological polar surface area (TPSA) is 77.7 Å². The smallest absolute Gasteiger partial charge is 0.253 e. The van der Waals surface area contributed by atoms with E-state index in [2.05, 4.69) is 10.2 Å². The highest BCUT2D eigenvalue weighted by Crippen LogP contribution is 2.27. The van der Waals surface area contributed by atoms with E-state index in [4.69, 9.17) is 13.9 Å². The zero-order valence-electron chi connectivity index (χ0n) is 12.9. The first-order valence-corrected chi connectivity index (χ1v) is 7.69. The molecule has 1 saturated heterocycles. The molecule has 2 aliphatic rings. The summed E-state index contributed by atoms with van der Waals surface area (Å²) in [6, 6.07) is -0.330. The summed E-state index contributed by atoms with van der Waals surface area (Å²) in [5.41, 5.74) is 0.696. The van der Waals surface area contributed by atoms with Gasteiger partial charge in [-0.1, -0.05) is 13.8 Å². The van der Waals surface area contributed by atoms with E-state index in [9.17, 15) is 4.79 Å². The number of carbonyl (C=O) groups excluding carboxylic acids is 1. The molecule has 0 bridgehead atoms. The number of hydrogen-bond donors (Lipinski definition) is 0. The first kappa shape index (κ1) is 15.0. The van der Waals surface area contributed by atoms with Crippen LogP contribution in [0.5, 0.6) is 0 Å². The Labute approximate surface area is 129 Å². The summed E-state index contributed by atoms with van der Waals surface area (Å²) in [6.45, 7) is 6.05. The lowest BCUT2D eigenvalue weighted by Gasteiger charge is -2.34. The zero-order valence-corrected chi connectivity index (χ0v) is 12.9. The van der Waals surface area contributed by atoms with Crippen LogP contribution < -0.4 is 0 Å². The highest BCUT2D eigenvalue weighted by atomic mass is 16.5. The van der Waals surface area contributed by atoms with Crippen LogP contribution in [0.4, 0.5) is 0 Å². The molecule has 7 heteroatoms. The van der Waals surface area contributed by atoms with Crippen molar-refractivity contribution in [2.75, 3.05) is 26.4 Å². The lowest BCUT2D eigenvalue weighted by Crippen LogP contribution is -2.44. The average molecular weight is 307 g/mol. The Morgan fingerprint density at radius 3 is 2.91 bits per heavy atom. The van der Waals surface area contributed by atoms with E-state index >= 15 is 0 Å². The lowest BCUT2D eigenvalue weighted by atomic mass is 10.1. The Morgan fingerprint density at radius 2 is 2.23 bits per heavy atom. The second kappa shape index (κ2) is 6.48. The standard InChI is InChI=1S/C15H21N3O4/c1-10(2)13-16-17-14(22-13)12-9-21-7-5-18(12)15(19)11-4-3-6-20-8-11/h8,10,12H,3-7,9H2,1-2H3/t12-/m0/s1. The molecule has 0 N–H and O–H groups in total. The minimum atomic E-state index is -0.330. The summed E-state index contributed by atoms with van der Waals surface area (Å²) >= 11 is 0. The molecule has 7 nitrogen and oxygen atoms in total. The van der Waals surface area contributed by atoms with Crippen molar-refractivity contribution in [3.05, 3.63) is 23.6 Å². The third kappa shape index (κ3) is 2.99. The molecule has 0 unspecified atom stereocenters. The summed E-state index contributed by atoms with van der Waals surface area (Å²) in [6.07, 6.45) is 3.18. The fourth-order valence-corrected chi connectivity index (χ4v) is 2.57. The van der Waals surface area contributed by atoms with Gasteiger partial charge in [-0.3, -0.25) is 4.79 Å². The largest absolute Gasteiger partial charge is 0.501 e. The van der Waals surface area contributed by atoms with Crippen LogP contribution in [0, 0.1) is 0 Å². The van der Waals surface area contributed by atoms with E-state index in [0.29, 0.717) is 43.7 Å². The average Bonchev–Trinajstić information content (AvgIpc) is 3.05. The number of morpholine rings is 1. The molecule has 1 aromatic rings. The Kier molecular flexibility index (Phi) is 4.42. The number of amides is 1.